The van der Waals surface area contributed by atoms with Crippen LogP contribution < -0.4 is 0 Å². The largest absolute Gasteiger partial charge is 0.459 e. The van der Waals surface area contributed by atoms with Crippen LogP contribution in [0.25, 0.3) is 0 Å². The van der Waals surface area contributed by atoms with Crippen LogP contribution in [-0.4, -0.2) is 36.6 Å². The van der Waals surface area contributed by atoms with Gasteiger partial charge in [-0.05, 0) is 72.5 Å². The first-order chi connectivity index (χ1) is 17.2. The number of rotatable bonds is 5. The number of halogens is 3. The lowest BCUT2D eigenvalue weighted by molar-refractivity contribution is -0.283. The van der Waals surface area contributed by atoms with Gasteiger partial charge in [0.15, 0.2) is 0 Å². The smallest absolute Gasteiger partial charge is 0.432 e. The first kappa shape index (κ1) is 27.0. The Morgan fingerprint density at radius 1 is 1.03 bits per heavy atom. The summed E-state index contributed by atoms with van der Waals surface area (Å²) in [5.74, 6) is 0.405. The van der Waals surface area contributed by atoms with E-state index < -0.39 is 35.4 Å². The molecule has 4 aliphatic rings. The van der Waals surface area contributed by atoms with Crippen LogP contribution in [0.5, 0.6) is 0 Å². The predicted octanol–water partition coefficient (Wildman–Crippen LogP) is 6.51. The number of benzene rings is 1. The summed E-state index contributed by atoms with van der Waals surface area (Å²) in [7, 11) is 0.917. The third-order valence-corrected chi connectivity index (χ3v) is 11.3. The Morgan fingerprint density at radius 3 is 2.24 bits per heavy atom. The lowest BCUT2D eigenvalue weighted by Crippen LogP contribution is -2.61. The number of hydrogen-bond donors (Lipinski definition) is 1. The van der Waals surface area contributed by atoms with Crippen LogP contribution >= 0.6 is 0 Å². The SMILES string of the molecule is CO[C@](C(=O)O[C@H]1C[C@@]2(C)C[C@@H](O)[C@@]3(C)C[C@H]3[C@@H]2[C@H]2[C@H](C(C)C)CC[C@@]21C)(c1ccccc1)C(F)(F)F. The summed E-state index contributed by atoms with van der Waals surface area (Å²) in [6, 6.07) is 7.05. The summed E-state index contributed by atoms with van der Waals surface area (Å²) in [6.07, 6.45) is -2.32. The zero-order valence-electron chi connectivity index (χ0n) is 22.8. The fourth-order valence-electron chi connectivity index (χ4n) is 9.08. The second-order valence-corrected chi connectivity index (χ2v) is 13.5. The Bertz CT molecular complexity index is 1040. The van der Waals surface area contributed by atoms with Crippen LogP contribution in [0.4, 0.5) is 13.2 Å². The van der Waals surface area contributed by atoms with Gasteiger partial charge in [-0.15, -0.1) is 0 Å². The number of hydrogen-bond acceptors (Lipinski definition) is 4. The van der Waals surface area contributed by atoms with Gasteiger partial charge in [-0.1, -0.05) is 65.0 Å². The molecule has 0 bridgehead atoms. The average molecular weight is 523 g/mol. The molecule has 10 atom stereocenters. The number of alkyl halides is 3. The van der Waals surface area contributed by atoms with Gasteiger partial charge in [0.1, 0.15) is 6.10 Å². The van der Waals surface area contributed by atoms with Crippen molar-refractivity contribution >= 4 is 5.97 Å². The molecule has 0 unspecified atom stereocenters. The molecule has 1 aromatic rings. The predicted molar refractivity (Wildman–Crippen MR) is 133 cm³/mol. The van der Waals surface area contributed by atoms with Crippen LogP contribution in [0.15, 0.2) is 30.3 Å². The van der Waals surface area contributed by atoms with Crippen molar-refractivity contribution in [1.29, 1.82) is 0 Å². The van der Waals surface area contributed by atoms with Crippen molar-refractivity contribution in [3.63, 3.8) is 0 Å². The number of carbonyl (C=O) groups excluding carboxylic acids is 1. The van der Waals surface area contributed by atoms with Gasteiger partial charge < -0.3 is 14.6 Å². The summed E-state index contributed by atoms with van der Waals surface area (Å²) in [5, 5.41) is 11.1. The quantitative estimate of drug-likeness (QED) is 0.448. The van der Waals surface area contributed by atoms with E-state index in [1.165, 1.54) is 24.3 Å². The number of ether oxygens (including phenoxy) is 2. The highest BCUT2D eigenvalue weighted by Crippen LogP contribution is 2.76. The molecule has 4 fully saturated rings. The Balaban J connectivity index is 1.56. The fraction of sp³-hybridized carbons (Fsp3) is 0.767. The number of carbonyl (C=O) groups is 1. The molecule has 0 radical (unpaired) electrons. The molecule has 4 nitrogen and oxygen atoms in total. The molecule has 5 rings (SSSR count). The van der Waals surface area contributed by atoms with E-state index >= 15 is 0 Å². The molecular formula is C30H41F3O4. The monoisotopic (exact) mass is 522 g/mol. The van der Waals surface area contributed by atoms with Gasteiger partial charge in [-0.3, -0.25) is 0 Å². The minimum Gasteiger partial charge on any atom is -0.459 e. The van der Waals surface area contributed by atoms with E-state index in [0.717, 1.165) is 26.4 Å². The van der Waals surface area contributed by atoms with Gasteiger partial charge in [0.05, 0.1) is 6.10 Å². The van der Waals surface area contributed by atoms with Crippen molar-refractivity contribution in [3.05, 3.63) is 35.9 Å². The molecule has 0 spiro atoms. The van der Waals surface area contributed by atoms with Crippen molar-refractivity contribution in [1.82, 2.24) is 0 Å². The fourth-order valence-corrected chi connectivity index (χ4v) is 9.08. The summed E-state index contributed by atoms with van der Waals surface area (Å²) >= 11 is 0. The van der Waals surface area contributed by atoms with Gasteiger partial charge in [-0.2, -0.15) is 13.2 Å². The van der Waals surface area contributed by atoms with Crippen LogP contribution in [0.2, 0.25) is 0 Å². The zero-order chi connectivity index (χ0) is 27.2. The highest BCUT2D eigenvalue weighted by atomic mass is 19.4. The lowest BCUT2D eigenvalue weighted by Gasteiger charge is -2.60. The molecule has 37 heavy (non-hydrogen) atoms. The number of aliphatic hydroxyl groups excluding tert-OH is 1. The summed E-state index contributed by atoms with van der Waals surface area (Å²) in [4.78, 5) is 13.7. The topological polar surface area (TPSA) is 55.8 Å². The Morgan fingerprint density at radius 2 is 1.68 bits per heavy atom. The van der Waals surface area contributed by atoms with Crippen molar-refractivity contribution in [2.24, 2.45) is 45.8 Å². The van der Waals surface area contributed by atoms with E-state index in [4.69, 9.17) is 9.47 Å². The van der Waals surface area contributed by atoms with E-state index in [0.29, 0.717) is 36.5 Å². The Hall–Kier alpha value is -1.60. The highest BCUT2D eigenvalue weighted by molar-refractivity contribution is 5.83. The van der Waals surface area contributed by atoms with E-state index in [9.17, 15) is 23.1 Å². The first-order valence-corrected chi connectivity index (χ1v) is 13.7. The van der Waals surface area contributed by atoms with Crippen LogP contribution in [-0.2, 0) is 19.9 Å². The van der Waals surface area contributed by atoms with E-state index in [2.05, 4.69) is 34.6 Å². The number of methoxy groups -OCH3 is 1. The molecule has 0 heterocycles. The molecule has 0 aliphatic heterocycles. The third-order valence-electron chi connectivity index (χ3n) is 11.3. The second kappa shape index (κ2) is 8.45. The van der Waals surface area contributed by atoms with Crippen LogP contribution in [0.1, 0.15) is 72.3 Å². The lowest BCUT2D eigenvalue weighted by atomic mass is 9.46. The molecule has 7 heteroatoms. The van der Waals surface area contributed by atoms with Gasteiger partial charge in [-0.25, -0.2) is 4.79 Å². The average Bonchev–Trinajstić information content (AvgIpc) is 3.37. The molecular weight excluding hydrogens is 481 g/mol. The van der Waals surface area contributed by atoms with Gasteiger partial charge in [0, 0.05) is 18.1 Å². The van der Waals surface area contributed by atoms with Crippen molar-refractivity contribution in [2.75, 3.05) is 7.11 Å². The van der Waals surface area contributed by atoms with Gasteiger partial charge in [0.25, 0.3) is 5.60 Å². The van der Waals surface area contributed by atoms with Crippen LogP contribution in [0, 0.1) is 45.8 Å². The molecule has 0 amide bonds. The number of fused-ring (bicyclic) bond motifs is 5. The third kappa shape index (κ3) is 3.65. The molecule has 4 aliphatic carbocycles. The molecule has 0 aromatic heterocycles. The second-order valence-electron chi connectivity index (χ2n) is 13.5. The van der Waals surface area contributed by atoms with Crippen molar-refractivity contribution in [2.45, 2.75) is 90.7 Å². The summed E-state index contributed by atoms with van der Waals surface area (Å²) < 4.78 is 55.0. The number of esters is 1. The van der Waals surface area contributed by atoms with Gasteiger partial charge in [0.2, 0.25) is 0 Å². The normalized spacial score (nSPS) is 44.4. The zero-order valence-corrected chi connectivity index (χ0v) is 22.8. The van der Waals surface area contributed by atoms with Crippen LogP contribution in [0.3, 0.4) is 0 Å². The van der Waals surface area contributed by atoms with Gasteiger partial charge >= 0.3 is 12.1 Å². The molecule has 1 aromatic carbocycles. The van der Waals surface area contributed by atoms with Crippen molar-refractivity contribution in [3.8, 4) is 0 Å². The Kier molecular flexibility index (Phi) is 6.16. The maximum absolute atomic E-state index is 14.6. The molecule has 0 saturated heterocycles. The minimum absolute atomic E-state index is 0.0759. The highest BCUT2D eigenvalue weighted by Gasteiger charge is 2.74. The maximum Gasteiger partial charge on any atom is 0.432 e. The van der Waals surface area contributed by atoms with Crippen molar-refractivity contribution < 1.29 is 32.5 Å². The molecule has 206 valence electrons. The van der Waals surface area contributed by atoms with E-state index in [1.54, 1.807) is 6.07 Å². The first-order valence-electron chi connectivity index (χ1n) is 13.7. The molecule has 1 N–H and O–H groups in total. The maximum atomic E-state index is 14.6. The summed E-state index contributed by atoms with van der Waals surface area (Å²) in [5.41, 5.74) is -4.30. The van der Waals surface area contributed by atoms with E-state index in [1.807, 2.05) is 0 Å². The molecule has 4 saturated carbocycles. The number of aliphatic hydroxyl groups is 1. The van der Waals surface area contributed by atoms with E-state index in [-0.39, 0.29) is 22.3 Å². The minimum atomic E-state index is -5.01. The standard InChI is InChI=1S/C30H41F3O4/c1-17(2)19-12-13-27(4)22(16-26(3)15-21(34)28(5)14-20(28)24(26)23(19)27)37-25(35)29(36-6,30(31,32)33)18-10-8-7-9-11-18/h7-11,17,19-24,34H,12-16H2,1-6H3/t19-,20-,21+,22-,23+,24+,26+,27+,28-,29-/m0/s1. The summed E-state index contributed by atoms with van der Waals surface area (Å²) in [6.45, 7) is 10.9. The Labute approximate surface area is 218 Å².